The summed E-state index contributed by atoms with van der Waals surface area (Å²) < 4.78 is 7.99. The molecule has 416 valence electrons. The van der Waals surface area contributed by atoms with E-state index in [0.29, 0.717) is 11.8 Å². The zero-order valence-corrected chi connectivity index (χ0v) is 52.2. The predicted molar refractivity (Wildman–Crippen MR) is 335 cm³/mol. The molecule has 3 unspecified atom stereocenters. The number of rotatable bonds is 3. The molecule has 0 saturated heterocycles. The molecule has 4 bridgehead atoms. The summed E-state index contributed by atoms with van der Waals surface area (Å²) in [4.78, 5) is 5.91. The van der Waals surface area contributed by atoms with Crippen molar-refractivity contribution < 1.29 is 4.42 Å². The summed E-state index contributed by atoms with van der Waals surface area (Å²) in [5, 5.41) is 1.31. The fraction of sp³-hybridized carbons (Fsp3) is 0.627. The Balaban J connectivity index is 1.08. The number of anilines is 4. The van der Waals surface area contributed by atoms with Crippen LogP contribution in [0, 0.1) is 51.2 Å². The minimum atomic E-state index is -0.0247. The molecule has 2 aliphatic heterocycles. The zero-order chi connectivity index (χ0) is 55.5. The first-order valence-corrected chi connectivity index (χ1v) is 32.3. The van der Waals surface area contributed by atoms with E-state index in [4.69, 9.17) is 4.42 Å². The molecular formula is C75H97BN2O. The number of benzene rings is 3. The number of furan rings is 1. The standard InChI is InChI=1S/C75H97BN2O/c1-43-28-51-55(72(12,13)25-22-68(51,4)5)37-59(43)78-60-38-56-54(71(10,11)24-26-73(56,14)15)36-58(60)76-64-61(32-47(33-62(64)78)75-40-44-29-45(41-75)31-46(30-44)42-75)77(48-18-19-50-52(34-48)69(6,7)21-20-67(50,2)3)65-49-35-53-57(39-63(49)79-66(65)76)74(16,17)27-23-70(53,8)9/h18-19,28,32-37,39,43-46,56,59H,20-27,29-31,38,40-42H2,1-17H3. The van der Waals surface area contributed by atoms with Crippen molar-refractivity contribution in [2.45, 2.75) is 247 Å². The number of fused-ring (bicyclic) bond motifs is 9. The SMILES string of the molecule is CC1C=C2C(=CC1N1C3=C(C=C4C(C3)C(C)(C)CCC4(C)C)B3c4oc5cc6c(cc5c4N(c4ccc5c(c4)C(C)(C)CCC5(C)C)c4cc(C57CC8CC(CC(C8)C5)C7)cc1c43)C(C)(C)CCC6(C)C)C(C)(C)CCC2(C)C. The van der Waals surface area contributed by atoms with Gasteiger partial charge in [0.25, 0.3) is 6.71 Å². The van der Waals surface area contributed by atoms with Gasteiger partial charge in [-0.05, 0) is 261 Å². The van der Waals surface area contributed by atoms with Crippen LogP contribution in [0.15, 0.2) is 93.0 Å². The zero-order valence-electron chi connectivity index (χ0n) is 52.2. The monoisotopic (exact) mass is 1050 g/mol. The third kappa shape index (κ3) is 7.21. The fourth-order valence-electron chi connectivity index (χ4n) is 20.5. The van der Waals surface area contributed by atoms with Gasteiger partial charge in [0.15, 0.2) is 0 Å². The Hall–Kier alpha value is -4.18. The lowest BCUT2D eigenvalue weighted by atomic mass is 9.33. The number of allylic oxidation sites excluding steroid dienone is 6. The van der Waals surface area contributed by atoms with Crippen LogP contribution in [-0.4, -0.2) is 12.8 Å². The summed E-state index contributed by atoms with van der Waals surface area (Å²) in [7, 11) is 0. The fourth-order valence-corrected chi connectivity index (χ4v) is 20.5. The molecule has 3 nitrogen and oxygen atoms in total. The molecule has 4 aromatic rings. The Bertz CT molecular complexity index is 3440. The third-order valence-electron chi connectivity index (χ3n) is 25.7. The van der Waals surface area contributed by atoms with Crippen LogP contribution in [0.4, 0.5) is 22.7 Å². The first-order valence-electron chi connectivity index (χ1n) is 32.3. The topological polar surface area (TPSA) is 19.6 Å². The highest BCUT2D eigenvalue weighted by atomic mass is 16.3. The molecule has 3 atom stereocenters. The van der Waals surface area contributed by atoms with Crippen molar-refractivity contribution >= 4 is 51.6 Å². The van der Waals surface area contributed by atoms with Gasteiger partial charge < -0.3 is 14.2 Å². The van der Waals surface area contributed by atoms with Crippen molar-refractivity contribution in [3.63, 3.8) is 0 Å². The van der Waals surface area contributed by atoms with Gasteiger partial charge in [-0.25, -0.2) is 0 Å². The summed E-state index contributed by atoms with van der Waals surface area (Å²) in [6.07, 6.45) is 27.7. The van der Waals surface area contributed by atoms with Crippen LogP contribution in [0.3, 0.4) is 0 Å². The molecule has 10 aliphatic carbocycles. The molecule has 0 amide bonds. The lowest BCUT2D eigenvalue weighted by molar-refractivity contribution is -0.00515. The predicted octanol–water partition coefficient (Wildman–Crippen LogP) is 19.1. The number of nitrogens with zero attached hydrogens (tertiary/aromatic N) is 2. The van der Waals surface area contributed by atoms with Gasteiger partial charge in [-0.3, -0.25) is 0 Å². The van der Waals surface area contributed by atoms with Gasteiger partial charge in [-0.1, -0.05) is 148 Å². The van der Waals surface area contributed by atoms with Crippen LogP contribution in [0.25, 0.3) is 11.0 Å². The van der Waals surface area contributed by atoms with Crippen molar-refractivity contribution in [2.24, 2.45) is 51.2 Å². The molecule has 3 heterocycles. The van der Waals surface area contributed by atoms with E-state index in [1.807, 2.05) is 0 Å². The molecule has 0 spiro atoms. The van der Waals surface area contributed by atoms with Gasteiger partial charge in [0.05, 0.1) is 17.4 Å². The van der Waals surface area contributed by atoms with E-state index in [1.165, 1.54) is 157 Å². The Labute approximate surface area is 478 Å². The van der Waals surface area contributed by atoms with Crippen LogP contribution < -0.4 is 20.9 Å². The van der Waals surface area contributed by atoms with Crippen LogP contribution in [0.5, 0.6) is 0 Å². The molecule has 3 aromatic carbocycles. The van der Waals surface area contributed by atoms with Crippen LogP contribution >= 0.6 is 0 Å². The summed E-state index contributed by atoms with van der Waals surface area (Å²) in [6.45, 7) is 43.2. The molecule has 16 rings (SSSR count). The highest BCUT2D eigenvalue weighted by molar-refractivity contribution is 6.95. The smallest absolute Gasteiger partial charge is 0.296 e. The van der Waals surface area contributed by atoms with Crippen molar-refractivity contribution in [1.82, 2.24) is 0 Å². The van der Waals surface area contributed by atoms with Gasteiger partial charge >= 0.3 is 0 Å². The Morgan fingerprint density at radius 2 is 1.08 bits per heavy atom. The number of hydrogen-bond donors (Lipinski definition) is 0. The number of hydrogen-bond acceptors (Lipinski definition) is 3. The van der Waals surface area contributed by atoms with Crippen molar-refractivity contribution in [2.75, 3.05) is 9.80 Å². The molecule has 4 heteroatoms. The minimum Gasteiger partial charge on any atom is -0.468 e. The summed E-state index contributed by atoms with van der Waals surface area (Å²) in [5.41, 5.74) is 26.1. The van der Waals surface area contributed by atoms with E-state index in [-0.39, 0.29) is 61.5 Å². The van der Waals surface area contributed by atoms with Crippen LogP contribution in [0.1, 0.15) is 242 Å². The average molecular weight is 1050 g/mol. The lowest BCUT2D eigenvalue weighted by Gasteiger charge is -2.58. The van der Waals surface area contributed by atoms with E-state index in [2.05, 4.69) is 188 Å². The first-order chi connectivity index (χ1) is 36.9. The van der Waals surface area contributed by atoms with Crippen molar-refractivity contribution in [3.8, 4) is 0 Å². The third-order valence-corrected chi connectivity index (χ3v) is 25.7. The Morgan fingerprint density at radius 1 is 0.544 bits per heavy atom. The van der Waals surface area contributed by atoms with Gasteiger partial charge in [-0.2, -0.15) is 0 Å². The largest absolute Gasteiger partial charge is 0.468 e. The molecule has 0 N–H and O–H groups in total. The maximum atomic E-state index is 7.99. The van der Waals surface area contributed by atoms with E-state index in [0.717, 1.165) is 29.8 Å². The molecule has 79 heavy (non-hydrogen) atoms. The minimum absolute atomic E-state index is 0.0247. The summed E-state index contributed by atoms with van der Waals surface area (Å²) >= 11 is 0. The lowest BCUT2D eigenvalue weighted by Crippen LogP contribution is -2.59. The van der Waals surface area contributed by atoms with E-state index >= 15 is 0 Å². The summed E-state index contributed by atoms with van der Waals surface area (Å²) in [6, 6.07) is 19.0. The molecule has 0 radical (unpaired) electrons. The molecule has 12 aliphatic rings. The quantitative estimate of drug-likeness (QED) is 0.191. The highest BCUT2D eigenvalue weighted by Gasteiger charge is 2.57. The van der Waals surface area contributed by atoms with Gasteiger partial charge in [-0.15, -0.1) is 0 Å². The Morgan fingerprint density at radius 3 is 1.70 bits per heavy atom. The van der Waals surface area contributed by atoms with E-state index in [1.54, 1.807) is 28.0 Å². The highest BCUT2D eigenvalue weighted by Crippen LogP contribution is 2.65. The maximum Gasteiger partial charge on any atom is 0.296 e. The average Bonchev–Trinajstić information content (AvgIpc) is 2.33. The molecule has 1 aromatic heterocycles. The first kappa shape index (κ1) is 51.7. The second-order valence-electron chi connectivity index (χ2n) is 34.6. The second-order valence-corrected chi connectivity index (χ2v) is 34.6. The van der Waals surface area contributed by atoms with E-state index in [9.17, 15) is 0 Å². The van der Waals surface area contributed by atoms with Crippen molar-refractivity contribution in [3.05, 3.63) is 116 Å². The second kappa shape index (κ2) is 15.9. The van der Waals surface area contributed by atoms with Crippen molar-refractivity contribution in [1.29, 1.82) is 0 Å². The van der Waals surface area contributed by atoms with Gasteiger partial charge in [0.2, 0.25) is 0 Å². The Kier molecular flexibility index (Phi) is 10.4. The molecular weight excluding hydrogens is 956 g/mol. The van der Waals surface area contributed by atoms with Crippen LogP contribution in [-0.2, 0) is 27.1 Å². The normalized spacial score (nSPS) is 33.6. The molecule has 6 fully saturated rings. The van der Waals surface area contributed by atoms with Crippen LogP contribution in [0.2, 0.25) is 0 Å². The van der Waals surface area contributed by atoms with Gasteiger partial charge in [0, 0.05) is 28.1 Å². The van der Waals surface area contributed by atoms with Gasteiger partial charge in [0.1, 0.15) is 5.58 Å². The molecule has 6 saturated carbocycles. The van der Waals surface area contributed by atoms with E-state index < -0.39 is 0 Å². The maximum absolute atomic E-state index is 7.99. The summed E-state index contributed by atoms with van der Waals surface area (Å²) in [5.74, 6) is 3.36.